The van der Waals surface area contributed by atoms with Crippen molar-refractivity contribution in [3.05, 3.63) is 22.7 Å². The summed E-state index contributed by atoms with van der Waals surface area (Å²) in [6.45, 7) is 1.72. The van der Waals surface area contributed by atoms with Gasteiger partial charge in [-0.3, -0.25) is 0 Å². The number of carboxylic acids is 1. The zero-order valence-corrected chi connectivity index (χ0v) is 12.1. The number of hydrogen-bond acceptors (Lipinski definition) is 4. The smallest absolute Gasteiger partial charge is 0.339 e. The molecule has 0 unspecified atom stereocenters. The Morgan fingerprint density at radius 2 is 2.29 bits per heavy atom. The van der Waals surface area contributed by atoms with Gasteiger partial charge in [0, 0.05) is 24.2 Å². The Morgan fingerprint density at radius 3 is 2.86 bits per heavy atom. The maximum absolute atomic E-state index is 11.4. The lowest BCUT2D eigenvalue weighted by atomic mass is 10.2. The number of carbonyl (C=O) groups excluding carboxylic acids is 1. The molecule has 2 amide bonds. The number of carboxylic acid groups (broad SMARTS) is 1. The molecule has 2 N–H and O–H groups in total. The third kappa shape index (κ3) is 3.49. The van der Waals surface area contributed by atoms with Gasteiger partial charge in [0.25, 0.3) is 0 Å². The van der Waals surface area contributed by atoms with Crippen molar-refractivity contribution in [1.29, 1.82) is 0 Å². The fourth-order valence-electron chi connectivity index (χ4n) is 2.01. The summed E-state index contributed by atoms with van der Waals surface area (Å²) in [7, 11) is 1.40. The van der Waals surface area contributed by atoms with Gasteiger partial charge in [0.05, 0.1) is 13.7 Å². The van der Waals surface area contributed by atoms with Crippen LogP contribution in [0.1, 0.15) is 10.4 Å². The van der Waals surface area contributed by atoms with Crippen LogP contribution in [0.15, 0.2) is 12.1 Å². The van der Waals surface area contributed by atoms with E-state index in [4.69, 9.17) is 21.1 Å². The van der Waals surface area contributed by atoms with Crippen LogP contribution in [-0.4, -0.2) is 55.4 Å². The molecular weight excluding hydrogens is 300 g/mol. The van der Waals surface area contributed by atoms with E-state index in [1.807, 2.05) is 0 Å². The Kier molecular flexibility index (Phi) is 4.74. The maximum Gasteiger partial charge on any atom is 0.339 e. The number of aromatic carboxylic acids is 1. The highest BCUT2D eigenvalue weighted by molar-refractivity contribution is 6.31. The predicted octanol–water partition coefficient (Wildman–Crippen LogP) is 1.45. The van der Waals surface area contributed by atoms with Crippen LogP contribution in [0.5, 0.6) is 11.5 Å². The van der Waals surface area contributed by atoms with Crippen molar-refractivity contribution in [3.8, 4) is 11.5 Å². The average molecular weight is 315 g/mol. The quantitative estimate of drug-likeness (QED) is 0.829. The predicted molar refractivity (Wildman–Crippen MR) is 75.4 cm³/mol. The van der Waals surface area contributed by atoms with Crippen LogP contribution < -0.4 is 14.8 Å². The molecule has 0 radical (unpaired) electrons. The molecule has 0 bridgehead atoms. The lowest BCUT2D eigenvalue weighted by Crippen LogP contribution is -2.32. The SMILES string of the molecule is COc1cc(Cl)cc(C(=O)O)c1OCCN1CCNC1=O. The number of ether oxygens (including phenoxy) is 2. The first-order chi connectivity index (χ1) is 10.0. The molecule has 1 fully saturated rings. The molecule has 2 rings (SSSR count). The van der Waals surface area contributed by atoms with Gasteiger partial charge in [0.15, 0.2) is 11.5 Å². The Hall–Kier alpha value is -2.15. The molecule has 1 aromatic rings. The largest absolute Gasteiger partial charge is 0.493 e. The molecule has 114 valence electrons. The van der Waals surface area contributed by atoms with E-state index < -0.39 is 5.97 Å². The Bertz CT molecular complexity index is 564. The van der Waals surface area contributed by atoms with E-state index in [-0.39, 0.29) is 34.7 Å². The minimum absolute atomic E-state index is 0.0785. The normalized spacial score (nSPS) is 14.0. The fourth-order valence-corrected chi connectivity index (χ4v) is 2.22. The monoisotopic (exact) mass is 314 g/mol. The van der Waals surface area contributed by atoms with Crippen molar-refractivity contribution in [2.75, 3.05) is 33.4 Å². The van der Waals surface area contributed by atoms with Crippen LogP contribution in [0.4, 0.5) is 4.79 Å². The topological polar surface area (TPSA) is 88.1 Å². The van der Waals surface area contributed by atoms with Crippen LogP contribution in [0.25, 0.3) is 0 Å². The van der Waals surface area contributed by atoms with Gasteiger partial charge in [-0.2, -0.15) is 0 Å². The number of nitrogens with zero attached hydrogens (tertiary/aromatic N) is 1. The van der Waals surface area contributed by atoms with E-state index in [1.165, 1.54) is 19.2 Å². The lowest BCUT2D eigenvalue weighted by molar-refractivity contribution is 0.0690. The molecule has 0 spiro atoms. The molecule has 1 aliphatic rings. The zero-order valence-electron chi connectivity index (χ0n) is 11.4. The molecule has 0 saturated carbocycles. The Morgan fingerprint density at radius 1 is 1.52 bits per heavy atom. The third-order valence-corrected chi connectivity index (χ3v) is 3.24. The van der Waals surface area contributed by atoms with Crippen molar-refractivity contribution in [2.45, 2.75) is 0 Å². The summed E-state index contributed by atoms with van der Waals surface area (Å²) < 4.78 is 10.6. The number of urea groups is 1. The highest BCUT2D eigenvalue weighted by Crippen LogP contribution is 2.34. The molecular formula is C13H15ClN2O5. The molecule has 1 saturated heterocycles. The molecule has 0 aromatic heterocycles. The summed E-state index contributed by atoms with van der Waals surface area (Å²) in [6, 6.07) is 2.62. The maximum atomic E-state index is 11.4. The van der Waals surface area contributed by atoms with Gasteiger partial charge in [-0.1, -0.05) is 11.6 Å². The van der Waals surface area contributed by atoms with Crippen molar-refractivity contribution < 1.29 is 24.2 Å². The zero-order chi connectivity index (χ0) is 15.4. The van der Waals surface area contributed by atoms with Gasteiger partial charge in [-0.25, -0.2) is 9.59 Å². The molecule has 0 atom stereocenters. The summed E-state index contributed by atoms with van der Waals surface area (Å²) in [5, 5.41) is 12.1. The van der Waals surface area contributed by atoms with E-state index in [9.17, 15) is 14.7 Å². The number of carbonyl (C=O) groups is 2. The standard InChI is InChI=1S/C13H15ClN2O5/c1-20-10-7-8(14)6-9(12(17)18)11(10)21-5-4-16-3-2-15-13(16)19/h6-7H,2-5H2,1H3,(H,15,19)(H,17,18). The number of benzene rings is 1. The minimum atomic E-state index is -1.16. The summed E-state index contributed by atoms with van der Waals surface area (Å²) in [5.41, 5.74) is -0.0785. The van der Waals surface area contributed by atoms with Crippen molar-refractivity contribution in [1.82, 2.24) is 10.2 Å². The lowest BCUT2D eigenvalue weighted by Gasteiger charge is -2.17. The van der Waals surface area contributed by atoms with Crippen molar-refractivity contribution in [3.63, 3.8) is 0 Å². The second-order valence-electron chi connectivity index (χ2n) is 4.36. The fraction of sp³-hybridized carbons (Fsp3) is 0.385. The summed E-state index contributed by atoms with van der Waals surface area (Å²) in [5.74, 6) is -0.815. The van der Waals surface area contributed by atoms with Gasteiger partial charge < -0.3 is 24.8 Å². The van der Waals surface area contributed by atoms with Crippen molar-refractivity contribution >= 4 is 23.6 Å². The highest BCUT2D eigenvalue weighted by Gasteiger charge is 2.21. The highest BCUT2D eigenvalue weighted by atomic mass is 35.5. The Balaban J connectivity index is 2.10. The minimum Gasteiger partial charge on any atom is -0.493 e. The summed E-state index contributed by atoms with van der Waals surface area (Å²) >= 11 is 5.84. The molecule has 1 aromatic carbocycles. The van der Waals surface area contributed by atoms with E-state index >= 15 is 0 Å². The number of nitrogens with one attached hydrogen (secondary N) is 1. The molecule has 1 heterocycles. The molecule has 21 heavy (non-hydrogen) atoms. The van der Waals surface area contributed by atoms with Gasteiger partial charge in [-0.05, 0) is 6.07 Å². The Labute approximate surface area is 126 Å². The number of halogens is 1. The number of hydrogen-bond donors (Lipinski definition) is 2. The second kappa shape index (κ2) is 6.53. The second-order valence-corrected chi connectivity index (χ2v) is 4.79. The first kappa shape index (κ1) is 15.2. The van der Waals surface area contributed by atoms with Gasteiger partial charge in [-0.15, -0.1) is 0 Å². The third-order valence-electron chi connectivity index (χ3n) is 3.02. The van der Waals surface area contributed by atoms with Crippen LogP contribution >= 0.6 is 11.6 Å². The number of methoxy groups -OCH3 is 1. The van der Waals surface area contributed by atoms with Crippen LogP contribution in [0, 0.1) is 0 Å². The van der Waals surface area contributed by atoms with E-state index in [0.717, 1.165) is 0 Å². The number of amides is 2. The molecule has 1 aliphatic heterocycles. The number of rotatable bonds is 6. The van der Waals surface area contributed by atoms with Crippen LogP contribution in [0.3, 0.4) is 0 Å². The van der Waals surface area contributed by atoms with Gasteiger partial charge in [0.2, 0.25) is 0 Å². The molecule has 8 heteroatoms. The van der Waals surface area contributed by atoms with Gasteiger partial charge >= 0.3 is 12.0 Å². The first-order valence-electron chi connectivity index (χ1n) is 6.29. The van der Waals surface area contributed by atoms with Crippen molar-refractivity contribution in [2.24, 2.45) is 0 Å². The summed E-state index contributed by atoms with van der Waals surface area (Å²) in [4.78, 5) is 24.2. The molecule has 7 nitrogen and oxygen atoms in total. The first-order valence-corrected chi connectivity index (χ1v) is 6.67. The molecule has 0 aliphatic carbocycles. The average Bonchev–Trinajstić information content (AvgIpc) is 2.85. The van der Waals surface area contributed by atoms with Gasteiger partial charge in [0.1, 0.15) is 12.2 Å². The van der Waals surface area contributed by atoms with E-state index in [2.05, 4.69) is 5.32 Å². The van der Waals surface area contributed by atoms with E-state index in [1.54, 1.807) is 4.90 Å². The summed E-state index contributed by atoms with van der Waals surface area (Å²) in [6.07, 6.45) is 0. The van der Waals surface area contributed by atoms with Crippen LogP contribution in [-0.2, 0) is 0 Å². The van der Waals surface area contributed by atoms with E-state index in [0.29, 0.717) is 19.6 Å². The van der Waals surface area contributed by atoms with Crippen LogP contribution in [0.2, 0.25) is 5.02 Å².